The Kier molecular flexibility index (Phi) is 11.1. The van der Waals surface area contributed by atoms with Crippen molar-refractivity contribution in [3.05, 3.63) is 90.5 Å². The smallest absolute Gasteiger partial charge is 0.430 e. The van der Waals surface area contributed by atoms with Crippen molar-refractivity contribution in [3.63, 3.8) is 0 Å². The van der Waals surface area contributed by atoms with Gasteiger partial charge in [-0.05, 0) is 47.4 Å². The minimum Gasteiger partial charge on any atom is -0.542 e. The normalized spacial score (nSPS) is 12.0. The first-order chi connectivity index (χ1) is 21.5. The number of rotatable bonds is 12. The SMILES string of the molecule is CCC(=O)CCCCC[C@H](NC(=O)Cc1c[nH]c2ccccc12)c1[nH]c(-c2ccc3ccccc3c2)c[nH+]1.O=C([O-])C(F)(F)F. The summed E-state index contributed by atoms with van der Waals surface area (Å²) in [5.74, 6) is -1.83. The molecule has 5 rings (SSSR count). The third-order valence-corrected chi connectivity index (χ3v) is 7.49. The molecule has 0 fully saturated rings. The van der Waals surface area contributed by atoms with Crippen LogP contribution in [0.3, 0.4) is 0 Å². The number of Topliss-reactive ketones (excluding diaryl/α,β-unsaturated/α-hetero) is 1. The molecule has 11 heteroatoms. The lowest BCUT2D eigenvalue weighted by molar-refractivity contribution is -0.391. The number of fused-ring (bicyclic) bond motifs is 2. The second-order valence-corrected chi connectivity index (χ2v) is 10.7. The number of hydrogen-bond donors (Lipinski definition) is 3. The van der Waals surface area contributed by atoms with Gasteiger partial charge in [-0.3, -0.25) is 9.59 Å². The Morgan fingerprint density at radius 1 is 0.956 bits per heavy atom. The van der Waals surface area contributed by atoms with E-state index in [2.05, 4.69) is 50.6 Å². The molecule has 0 radical (unpaired) electrons. The summed E-state index contributed by atoms with van der Waals surface area (Å²) in [5.41, 5.74) is 4.09. The van der Waals surface area contributed by atoms with Gasteiger partial charge in [0.2, 0.25) is 5.91 Å². The first-order valence-corrected chi connectivity index (χ1v) is 14.8. The van der Waals surface area contributed by atoms with E-state index in [0.29, 0.717) is 25.0 Å². The van der Waals surface area contributed by atoms with Crippen LogP contribution in [0.25, 0.3) is 32.9 Å². The number of unbranched alkanes of at least 4 members (excludes halogenated alkanes) is 2. The highest BCUT2D eigenvalue weighted by molar-refractivity contribution is 5.89. The molecule has 45 heavy (non-hydrogen) atoms. The monoisotopic (exact) mass is 620 g/mol. The van der Waals surface area contributed by atoms with Gasteiger partial charge in [0.25, 0.3) is 5.82 Å². The molecule has 0 saturated carbocycles. The van der Waals surface area contributed by atoms with E-state index in [0.717, 1.165) is 59.2 Å². The van der Waals surface area contributed by atoms with E-state index in [-0.39, 0.29) is 11.9 Å². The number of benzene rings is 3. The van der Waals surface area contributed by atoms with Crippen molar-refractivity contribution in [1.29, 1.82) is 0 Å². The van der Waals surface area contributed by atoms with E-state index in [1.807, 2.05) is 55.7 Å². The molecule has 236 valence electrons. The molecular formula is C34H35F3N4O4. The average Bonchev–Trinajstić information content (AvgIpc) is 3.68. The van der Waals surface area contributed by atoms with Gasteiger partial charge in [0.15, 0.2) is 5.69 Å². The van der Waals surface area contributed by atoms with Crippen molar-refractivity contribution in [2.24, 2.45) is 0 Å². The molecule has 5 aromatic rings. The molecule has 0 bridgehead atoms. The summed E-state index contributed by atoms with van der Waals surface area (Å²) >= 11 is 0. The number of carbonyl (C=O) groups is 3. The summed E-state index contributed by atoms with van der Waals surface area (Å²) in [5, 5.41) is 15.5. The fourth-order valence-corrected chi connectivity index (χ4v) is 5.08. The molecule has 1 amide bonds. The summed E-state index contributed by atoms with van der Waals surface area (Å²) < 4.78 is 31.5. The highest BCUT2D eigenvalue weighted by Crippen LogP contribution is 2.25. The lowest BCUT2D eigenvalue weighted by atomic mass is 10.0. The van der Waals surface area contributed by atoms with E-state index in [4.69, 9.17) is 9.90 Å². The number of para-hydroxylation sites is 1. The maximum absolute atomic E-state index is 13.2. The molecule has 4 N–H and O–H groups in total. The van der Waals surface area contributed by atoms with Crippen LogP contribution in [0.15, 0.2) is 79.1 Å². The van der Waals surface area contributed by atoms with Crippen LogP contribution in [-0.2, 0) is 20.8 Å². The number of nitrogens with one attached hydrogen (secondary N) is 4. The van der Waals surface area contributed by atoms with Crippen LogP contribution in [0.4, 0.5) is 13.2 Å². The van der Waals surface area contributed by atoms with Gasteiger partial charge in [-0.25, -0.2) is 9.97 Å². The van der Waals surface area contributed by atoms with E-state index in [1.165, 1.54) is 10.8 Å². The van der Waals surface area contributed by atoms with E-state index >= 15 is 0 Å². The molecule has 0 aliphatic rings. The summed E-state index contributed by atoms with van der Waals surface area (Å²) in [7, 11) is 0. The Morgan fingerprint density at radius 3 is 2.40 bits per heavy atom. The lowest BCUT2D eigenvalue weighted by Gasteiger charge is -2.14. The molecule has 2 aromatic heterocycles. The Bertz CT molecular complexity index is 1760. The van der Waals surface area contributed by atoms with Crippen LogP contribution in [0.1, 0.15) is 62.9 Å². The zero-order chi connectivity index (χ0) is 32.4. The molecule has 0 aliphatic heterocycles. The van der Waals surface area contributed by atoms with Crippen LogP contribution < -0.4 is 15.4 Å². The second kappa shape index (κ2) is 15.2. The zero-order valence-corrected chi connectivity index (χ0v) is 24.8. The highest BCUT2D eigenvalue weighted by Gasteiger charge is 2.29. The van der Waals surface area contributed by atoms with E-state index in [1.54, 1.807) is 0 Å². The van der Waals surface area contributed by atoms with Gasteiger partial charge in [-0.2, -0.15) is 13.2 Å². The maximum Gasteiger partial charge on any atom is 0.430 e. The largest absolute Gasteiger partial charge is 0.542 e. The summed E-state index contributed by atoms with van der Waals surface area (Å²) in [6.45, 7) is 1.91. The Morgan fingerprint density at radius 2 is 1.67 bits per heavy atom. The van der Waals surface area contributed by atoms with Gasteiger partial charge in [0.05, 0.1) is 6.42 Å². The lowest BCUT2D eigenvalue weighted by Crippen LogP contribution is -2.37. The predicted octanol–water partition coefficient (Wildman–Crippen LogP) is 5.76. The quantitative estimate of drug-likeness (QED) is 0.153. The van der Waals surface area contributed by atoms with Crippen LogP contribution in [0, 0.1) is 0 Å². The third kappa shape index (κ3) is 9.28. The van der Waals surface area contributed by atoms with Crippen LogP contribution >= 0.6 is 0 Å². The summed E-state index contributed by atoms with van der Waals surface area (Å²) in [6.07, 6.45) is 3.79. The number of carbonyl (C=O) groups excluding carboxylic acids is 3. The van der Waals surface area contributed by atoms with Crippen molar-refractivity contribution in [3.8, 4) is 11.3 Å². The molecule has 2 heterocycles. The van der Waals surface area contributed by atoms with Gasteiger partial charge in [-0.1, -0.05) is 68.3 Å². The van der Waals surface area contributed by atoms with Crippen molar-refractivity contribution < 1.29 is 37.6 Å². The Hall–Kier alpha value is -4.93. The topological polar surface area (TPSA) is 132 Å². The number of carboxylic acids is 1. The van der Waals surface area contributed by atoms with Crippen LogP contribution in [0.5, 0.6) is 0 Å². The number of carboxylic acid groups (broad SMARTS) is 1. The fraction of sp³-hybridized carbons (Fsp3) is 0.294. The van der Waals surface area contributed by atoms with Gasteiger partial charge >= 0.3 is 6.18 Å². The summed E-state index contributed by atoms with van der Waals surface area (Å²) in [4.78, 5) is 43.8. The molecule has 8 nitrogen and oxygen atoms in total. The predicted molar refractivity (Wildman–Crippen MR) is 163 cm³/mol. The number of aromatic amines is 3. The number of aromatic nitrogens is 3. The van der Waals surface area contributed by atoms with Gasteiger partial charge in [-0.15, -0.1) is 0 Å². The van der Waals surface area contributed by atoms with Crippen molar-refractivity contribution in [2.45, 2.75) is 64.1 Å². The second-order valence-electron chi connectivity index (χ2n) is 10.7. The Balaban J connectivity index is 0.000000591. The number of aliphatic carboxylic acids is 1. The standard InChI is InChI=1S/C32H34N4O2.C2HF3O2/c1-2-26(37)12-4-3-5-15-29(35-31(38)19-25-20-33-28-14-9-8-13-27(25)28)32-34-21-30(36-32)24-17-16-22-10-6-7-11-23(22)18-24;3-2(4,5)1(6)7/h6-11,13-14,16-18,20-21,29,33H,2-5,12,15,19H2,1H3,(H,34,36)(H,35,38);(H,6,7)/t29-;/m0./s1. The van der Waals surface area contributed by atoms with Gasteiger partial charge in [0.1, 0.15) is 24.0 Å². The number of ketones is 1. The number of H-pyrrole nitrogens is 3. The molecule has 1 atom stereocenters. The number of hydrogen-bond acceptors (Lipinski definition) is 4. The first kappa shape index (κ1) is 33.0. The fourth-order valence-electron chi connectivity index (χ4n) is 5.08. The van der Waals surface area contributed by atoms with E-state index < -0.39 is 12.1 Å². The molecule has 0 unspecified atom stereocenters. The third-order valence-electron chi connectivity index (χ3n) is 7.49. The maximum atomic E-state index is 13.2. The summed E-state index contributed by atoms with van der Waals surface area (Å²) in [6, 6.07) is 22.6. The zero-order valence-electron chi connectivity index (χ0n) is 24.8. The van der Waals surface area contributed by atoms with Crippen molar-refractivity contribution in [2.75, 3.05) is 0 Å². The minimum atomic E-state index is -5.19. The Labute approximate surface area is 258 Å². The van der Waals surface area contributed by atoms with Gasteiger partial charge < -0.3 is 20.2 Å². The number of halogens is 3. The molecule has 0 spiro atoms. The number of amides is 1. The molecule has 3 aromatic carbocycles. The molecular weight excluding hydrogens is 585 g/mol. The van der Waals surface area contributed by atoms with Gasteiger partial charge in [0, 0.05) is 35.5 Å². The van der Waals surface area contributed by atoms with Crippen molar-refractivity contribution in [1.82, 2.24) is 15.3 Å². The average molecular weight is 621 g/mol. The van der Waals surface area contributed by atoms with Crippen LogP contribution in [0.2, 0.25) is 0 Å². The number of alkyl halides is 3. The van der Waals surface area contributed by atoms with Crippen molar-refractivity contribution >= 4 is 39.3 Å². The first-order valence-electron chi connectivity index (χ1n) is 14.8. The van der Waals surface area contributed by atoms with Crippen LogP contribution in [-0.4, -0.2) is 33.8 Å². The number of imidazole rings is 1. The van der Waals surface area contributed by atoms with E-state index in [9.17, 15) is 22.8 Å². The minimum absolute atomic E-state index is 0.0174. The highest BCUT2D eigenvalue weighted by atomic mass is 19.4. The molecule has 0 aliphatic carbocycles. The molecule has 0 saturated heterocycles.